The summed E-state index contributed by atoms with van der Waals surface area (Å²) >= 11 is 0. The molecule has 1 aromatic carbocycles. The van der Waals surface area contributed by atoms with Gasteiger partial charge in [-0.3, -0.25) is 14.7 Å². The van der Waals surface area contributed by atoms with Crippen molar-refractivity contribution in [2.45, 2.75) is 31.8 Å². The fraction of sp³-hybridized carbons (Fsp3) is 0.286. The highest BCUT2D eigenvalue weighted by Crippen LogP contribution is 2.32. The standard InChI is InChI=1S/C21H20F2N4O/c22-16-4-3-5-17(23)15(16)13-27-11-2-1-6-19(27)18-12-20(28)26-21(25-18)14-7-9-24-10-8-14/h3-5,7-10,12,19H,1-2,6,11,13H2,(H,25,26,28)/t19-/m1/s1. The highest BCUT2D eigenvalue weighted by molar-refractivity contribution is 5.53. The normalized spacial score (nSPS) is 17.6. The van der Waals surface area contributed by atoms with E-state index in [-0.39, 0.29) is 23.7 Å². The highest BCUT2D eigenvalue weighted by atomic mass is 19.1. The van der Waals surface area contributed by atoms with Crippen LogP contribution in [0, 0.1) is 11.6 Å². The number of benzene rings is 1. The molecular weight excluding hydrogens is 362 g/mol. The van der Waals surface area contributed by atoms with Crippen LogP contribution in [-0.2, 0) is 6.54 Å². The van der Waals surface area contributed by atoms with Crippen LogP contribution in [0.1, 0.15) is 36.6 Å². The Morgan fingerprint density at radius 1 is 1.11 bits per heavy atom. The summed E-state index contributed by atoms with van der Waals surface area (Å²) in [7, 11) is 0. The van der Waals surface area contributed by atoms with Crippen molar-refractivity contribution in [3.63, 3.8) is 0 Å². The molecule has 0 amide bonds. The Bertz CT molecular complexity index is 1000. The first-order valence-corrected chi connectivity index (χ1v) is 9.30. The molecule has 0 aliphatic carbocycles. The van der Waals surface area contributed by atoms with E-state index < -0.39 is 11.6 Å². The Morgan fingerprint density at radius 2 is 1.86 bits per heavy atom. The van der Waals surface area contributed by atoms with Crippen molar-refractivity contribution in [2.75, 3.05) is 6.54 Å². The lowest BCUT2D eigenvalue weighted by atomic mass is 9.98. The maximum Gasteiger partial charge on any atom is 0.251 e. The van der Waals surface area contributed by atoms with E-state index >= 15 is 0 Å². The predicted octanol–water partition coefficient (Wildman–Crippen LogP) is 3.84. The van der Waals surface area contributed by atoms with E-state index in [2.05, 4.69) is 15.0 Å². The molecule has 1 aliphatic rings. The van der Waals surface area contributed by atoms with Gasteiger partial charge in [0.15, 0.2) is 0 Å². The third kappa shape index (κ3) is 3.84. The number of pyridine rings is 1. The van der Waals surface area contributed by atoms with Crippen LogP contribution < -0.4 is 5.56 Å². The van der Waals surface area contributed by atoms with Crippen LogP contribution in [0.15, 0.2) is 53.6 Å². The van der Waals surface area contributed by atoms with Crippen molar-refractivity contribution in [3.8, 4) is 11.4 Å². The molecule has 0 unspecified atom stereocenters. The van der Waals surface area contributed by atoms with Crippen molar-refractivity contribution in [1.29, 1.82) is 0 Å². The molecule has 3 heterocycles. The summed E-state index contributed by atoms with van der Waals surface area (Å²) in [6.07, 6.45) is 5.96. The number of piperidine rings is 1. The summed E-state index contributed by atoms with van der Waals surface area (Å²) in [5.41, 5.74) is 1.18. The number of nitrogens with one attached hydrogen (secondary N) is 1. The second-order valence-electron chi connectivity index (χ2n) is 6.94. The van der Waals surface area contributed by atoms with Gasteiger partial charge in [-0.2, -0.15) is 0 Å². The van der Waals surface area contributed by atoms with E-state index in [1.807, 2.05) is 4.90 Å². The Morgan fingerprint density at radius 3 is 2.61 bits per heavy atom. The number of aromatic amines is 1. The molecule has 0 saturated carbocycles. The summed E-state index contributed by atoms with van der Waals surface area (Å²) in [4.78, 5) is 25.6. The van der Waals surface area contributed by atoms with Crippen molar-refractivity contribution >= 4 is 0 Å². The summed E-state index contributed by atoms with van der Waals surface area (Å²) in [6, 6.07) is 8.75. The minimum atomic E-state index is -0.555. The minimum absolute atomic E-state index is 0.0496. The van der Waals surface area contributed by atoms with Gasteiger partial charge in [0.1, 0.15) is 17.5 Å². The predicted molar refractivity (Wildman–Crippen MR) is 101 cm³/mol. The molecule has 5 nitrogen and oxygen atoms in total. The lowest BCUT2D eigenvalue weighted by Crippen LogP contribution is -2.34. The van der Waals surface area contributed by atoms with E-state index in [0.29, 0.717) is 18.1 Å². The van der Waals surface area contributed by atoms with Crippen LogP contribution in [0.4, 0.5) is 8.78 Å². The molecule has 0 radical (unpaired) electrons. The number of hydrogen-bond donors (Lipinski definition) is 1. The zero-order valence-electron chi connectivity index (χ0n) is 15.2. The largest absolute Gasteiger partial charge is 0.307 e. The number of likely N-dealkylation sites (tertiary alicyclic amines) is 1. The summed E-state index contributed by atoms with van der Waals surface area (Å²) in [6.45, 7) is 0.833. The van der Waals surface area contributed by atoms with Gasteiger partial charge in [0.05, 0.1) is 11.7 Å². The quantitative estimate of drug-likeness (QED) is 0.745. The van der Waals surface area contributed by atoms with Gasteiger partial charge in [0, 0.05) is 36.1 Å². The minimum Gasteiger partial charge on any atom is -0.307 e. The van der Waals surface area contributed by atoms with E-state index in [0.717, 1.165) is 24.8 Å². The van der Waals surface area contributed by atoms with Crippen molar-refractivity contribution in [2.24, 2.45) is 0 Å². The Kier molecular flexibility index (Phi) is 5.25. The van der Waals surface area contributed by atoms with Crippen molar-refractivity contribution < 1.29 is 8.78 Å². The maximum atomic E-state index is 14.1. The molecule has 4 rings (SSSR count). The molecule has 1 fully saturated rings. The van der Waals surface area contributed by atoms with E-state index in [1.54, 1.807) is 24.5 Å². The number of nitrogens with zero attached hydrogens (tertiary/aromatic N) is 3. The number of H-pyrrole nitrogens is 1. The molecular formula is C21H20F2N4O. The number of aromatic nitrogens is 3. The molecule has 1 aliphatic heterocycles. The first kappa shape index (κ1) is 18.4. The molecule has 1 N–H and O–H groups in total. The van der Waals surface area contributed by atoms with Crippen molar-refractivity contribution in [3.05, 3.63) is 82.0 Å². The summed E-state index contributed by atoms with van der Waals surface area (Å²) in [5, 5.41) is 0. The van der Waals surface area contributed by atoms with E-state index in [1.165, 1.54) is 24.3 Å². The van der Waals surface area contributed by atoms with Gasteiger partial charge in [-0.25, -0.2) is 13.8 Å². The van der Waals surface area contributed by atoms with Crippen LogP contribution >= 0.6 is 0 Å². The monoisotopic (exact) mass is 382 g/mol. The highest BCUT2D eigenvalue weighted by Gasteiger charge is 2.27. The Balaban J connectivity index is 1.68. The van der Waals surface area contributed by atoms with Gasteiger partial charge in [-0.05, 0) is 43.7 Å². The van der Waals surface area contributed by atoms with Gasteiger partial charge >= 0.3 is 0 Å². The average Bonchev–Trinajstić information content (AvgIpc) is 2.71. The van der Waals surface area contributed by atoms with Crippen molar-refractivity contribution in [1.82, 2.24) is 19.9 Å². The average molecular weight is 382 g/mol. The van der Waals surface area contributed by atoms with Gasteiger partial charge < -0.3 is 4.98 Å². The van der Waals surface area contributed by atoms with Crippen LogP contribution in [0.2, 0.25) is 0 Å². The van der Waals surface area contributed by atoms with Crippen LogP contribution in [0.25, 0.3) is 11.4 Å². The third-order valence-corrected chi connectivity index (χ3v) is 5.09. The first-order valence-electron chi connectivity index (χ1n) is 9.30. The molecule has 1 atom stereocenters. The first-order chi connectivity index (χ1) is 13.6. The molecule has 144 valence electrons. The fourth-order valence-electron chi connectivity index (χ4n) is 3.70. The van der Waals surface area contributed by atoms with E-state index in [4.69, 9.17) is 0 Å². The second-order valence-corrected chi connectivity index (χ2v) is 6.94. The van der Waals surface area contributed by atoms with Gasteiger partial charge in [-0.15, -0.1) is 0 Å². The zero-order chi connectivity index (χ0) is 19.5. The maximum absolute atomic E-state index is 14.1. The smallest absolute Gasteiger partial charge is 0.251 e. The molecule has 2 aromatic heterocycles. The molecule has 28 heavy (non-hydrogen) atoms. The van der Waals surface area contributed by atoms with Crippen LogP contribution in [0.5, 0.6) is 0 Å². The number of rotatable bonds is 4. The summed E-state index contributed by atoms with van der Waals surface area (Å²) < 4.78 is 28.3. The SMILES string of the molecule is O=c1cc([C@H]2CCCCN2Cc2c(F)cccc2F)nc(-c2ccncc2)[nH]1. The zero-order valence-corrected chi connectivity index (χ0v) is 15.2. The lowest BCUT2D eigenvalue weighted by Gasteiger charge is -2.35. The van der Waals surface area contributed by atoms with Crippen LogP contribution in [0.3, 0.4) is 0 Å². The summed E-state index contributed by atoms with van der Waals surface area (Å²) in [5.74, 6) is -0.645. The molecule has 7 heteroatoms. The molecule has 0 spiro atoms. The lowest BCUT2D eigenvalue weighted by molar-refractivity contribution is 0.134. The number of hydrogen-bond acceptors (Lipinski definition) is 4. The molecule has 0 bridgehead atoms. The topological polar surface area (TPSA) is 61.9 Å². The molecule has 1 saturated heterocycles. The third-order valence-electron chi connectivity index (χ3n) is 5.09. The van der Waals surface area contributed by atoms with Gasteiger partial charge in [0.25, 0.3) is 5.56 Å². The Hall–Kier alpha value is -2.93. The number of halogens is 2. The van der Waals surface area contributed by atoms with Gasteiger partial charge in [-0.1, -0.05) is 12.5 Å². The second kappa shape index (κ2) is 7.98. The van der Waals surface area contributed by atoms with Crippen LogP contribution in [-0.4, -0.2) is 26.4 Å². The van der Waals surface area contributed by atoms with E-state index in [9.17, 15) is 13.6 Å². The molecule has 3 aromatic rings. The fourth-order valence-corrected chi connectivity index (χ4v) is 3.70. The van der Waals surface area contributed by atoms with Gasteiger partial charge in [0.2, 0.25) is 0 Å². The Labute approximate surface area is 161 Å².